The summed E-state index contributed by atoms with van der Waals surface area (Å²) in [5, 5.41) is 0. The fraction of sp³-hybridized carbons (Fsp3) is 1.00. The van der Waals surface area contributed by atoms with E-state index in [-0.39, 0.29) is 0 Å². The van der Waals surface area contributed by atoms with Gasteiger partial charge in [-0.15, -0.1) is 0 Å². The van der Waals surface area contributed by atoms with Gasteiger partial charge in [-0.1, -0.05) is 33.6 Å². The predicted octanol–water partition coefficient (Wildman–Crippen LogP) is 3.81. The molecule has 1 unspecified atom stereocenters. The third-order valence-corrected chi connectivity index (χ3v) is 2.55. The van der Waals surface area contributed by atoms with E-state index >= 15 is 0 Å². The number of halogens is 1. The standard InChI is InChI=1S/C10H21F/c1-5-10(6-2)8(3)7-9(4)11/h8-10H,5-7H2,1-4H3/t8-,9?/m1/s1. The number of alkyl halides is 1. The molecule has 2 atom stereocenters. The van der Waals surface area contributed by atoms with E-state index in [9.17, 15) is 4.39 Å². The molecule has 0 saturated heterocycles. The summed E-state index contributed by atoms with van der Waals surface area (Å²) in [4.78, 5) is 0. The minimum atomic E-state index is -0.634. The van der Waals surface area contributed by atoms with Crippen LogP contribution in [0, 0.1) is 11.8 Å². The summed E-state index contributed by atoms with van der Waals surface area (Å²) in [5.74, 6) is 1.26. The van der Waals surface area contributed by atoms with Crippen LogP contribution < -0.4 is 0 Å². The second-order valence-electron chi connectivity index (χ2n) is 3.57. The number of hydrogen-bond donors (Lipinski definition) is 0. The Morgan fingerprint density at radius 1 is 1.09 bits per heavy atom. The van der Waals surface area contributed by atoms with Crippen LogP contribution in [0.4, 0.5) is 4.39 Å². The molecule has 0 aromatic rings. The Hall–Kier alpha value is -0.0700. The topological polar surface area (TPSA) is 0 Å². The largest absolute Gasteiger partial charge is 0.248 e. The SMILES string of the molecule is CCC(CC)[C@H](C)CC(C)F. The van der Waals surface area contributed by atoms with Gasteiger partial charge in [0, 0.05) is 0 Å². The normalized spacial score (nSPS) is 16.9. The molecule has 0 aliphatic heterocycles. The molecule has 1 heteroatoms. The molecule has 0 amide bonds. The van der Waals surface area contributed by atoms with Crippen molar-refractivity contribution in [2.24, 2.45) is 11.8 Å². The minimum absolute atomic E-state index is 0.546. The summed E-state index contributed by atoms with van der Waals surface area (Å²) in [6.45, 7) is 8.19. The van der Waals surface area contributed by atoms with Gasteiger partial charge >= 0.3 is 0 Å². The van der Waals surface area contributed by atoms with E-state index in [1.54, 1.807) is 6.92 Å². The second-order valence-corrected chi connectivity index (χ2v) is 3.57. The summed E-state index contributed by atoms with van der Waals surface area (Å²) in [7, 11) is 0. The molecule has 0 rings (SSSR count). The summed E-state index contributed by atoms with van der Waals surface area (Å²) >= 11 is 0. The molecule has 0 aromatic carbocycles. The lowest BCUT2D eigenvalue weighted by atomic mass is 9.86. The predicted molar refractivity (Wildman–Crippen MR) is 48.4 cm³/mol. The molecule has 11 heavy (non-hydrogen) atoms. The van der Waals surface area contributed by atoms with Gasteiger partial charge in [0.2, 0.25) is 0 Å². The zero-order valence-electron chi connectivity index (χ0n) is 8.23. The second kappa shape index (κ2) is 5.56. The fourth-order valence-electron chi connectivity index (χ4n) is 1.80. The van der Waals surface area contributed by atoms with Gasteiger partial charge in [0.15, 0.2) is 0 Å². The number of rotatable bonds is 5. The highest BCUT2D eigenvalue weighted by Crippen LogP contribution is 2.23. The van der Waals surface area contributed by atoms with Crippen molar-refractivity contribution >= 4 is 0 Å². The summed E-state index contributed by atoms with van der Waals surface area (Å²) in [6, 6.07) is 0. The zero-order chi connectivity index (χ0) is 8.85. The maximum absolute atomic E-state index is 12.6. The first-order valence-corrected chi connectivity index (χ1v) is 4.75. The Balaban J connectivity index is 3.68. The molecular formula is C10H21F. The van der Waals surface area contributed by atoms with Crippen molar-refractivity contribution in [2.75, 3.05) is 0 Å². The van der Waals surface area contributed by atoms with Gasteiger partial charge in [-0.2, -0.15) is 0 Å². The summed E-state index contributed by atoms with van der Waals surface area (Å²) < 4.78 is 12.6. The fourth-order valence-corrected chi connectivity index (χ4v) is 1.80. The molecule has 0 fully saturated rings. The van der Waals surface area contributed by atoms with Gasteiger partial charge in [0.05, 0.1) is 6.17 Å². The van der Waals surface area contributed by atoms with Gasteiger partial charge in [0.25, 0.3) is 0 Å². The van der Waals surface area contributed by atoms with Crippen molar-refractivity contribution in [3.63, 3.8) is 0 Å². The van der Waals surface area contributed by atoms with Gasteiger partial charge < -0.3 is 0 Å². The highest BCUT2D eigenvalue weighted by atomic mass is 19.1. The van der Waals surface area contributed by atoms with E-state index in [4.69, 9.17) is 0 Å². The van der Waals surface area contributed by atoms with Gasteiger partial charge in [-0.05, 0) is 25.2 Å². The van der Waals surface area contributed by atoms with E-state index in [0.717, 1.165) is 6.42 Å². The molecule has 0 nitrogen and oxygen atoms in total. The Morgan fingerprint density at radius 3 is 1.82 bits per heavy atom. The molecule has 68 valence electrons. The smallest absolute Gasteiger partial charge is 0.0976 e. The van der Waals surface area contributed by atoms with Crippen LogP contribution in [-0.2, 0) is 0 Å². The molecule has 0 heterocycles. The first-order valence-electron chi connectivity index (χ1n) is 4.75. The maximum Gasteiger partial charge on any atom is 0.0976 e. The molecule has 0 radical (unpaired) electrons. The van der Waals surface area contributed by atoms with E-state index < -0.39 is 6.17 Å². The maximum atomic E-state index is 12.6. The van der Waals surface area contributed by atoms with Crippen LogP contribution in [0.25, 0.3) is 0 Å². The third-order valence-electron chi connectivity index (χ3n) is 2.55. The molecular weight excluding hydrogens is 139 g/mol. The Bertz CT molecular complexity index is 84.9. The van der Waals surface area contributed by atoms with Gasteiger partial charge in [-0.3, -0.25) is 0 Å². The summed E-state index contributed by atoms with van der Waals surface area (Å²) in [6.07, 6.45) is 2.46. The minimum Gasteiger partial charge on any atom is -0.248 e. The van der Waals surface area contributed by atoms with E-state index in [0.29, 0.717) is 11.8 Å². The highest BCUT2D eigenvalue weighted by Gasteiger charge is 2.15. The molecule has 0 saturated carbocycles. The Labute approximate surface area is 70.2 Å². The molecule has 0 spiro atoms. The van der Waals surface area contributed by atoms with E-state index in [1.807, 2.05) is 0 Å². The first kappa shape index (κ1) is 10.9. The average Bonchev–Trinajstić information content (AvgIpc) is 1.88. The van der Waals surface area contributed by atoms with Crippen LogP contribution in [-0.4, -0.2) is 6.17 Å². The van der Waals surface area contributed by atoms with Crippen LogP contribution >= 0.6 is 0 Å². The lowest BCUT2D eigenvalue weighted by molar-refractivity contribution is 0.235. The van der Waals surface area contributed by atoms with Crippen molar-refractivity contribution in [3.8, 4) is 0 Å². The van der Waals surface area contributed by atoms with Crippen molar-refractivity contribution < 1.29 is 4.39 Å². The summed E-state index contributed by atoms with van der Waals surface area (Å²) in [5.41, 5.74) is 0. The Morgan fingerprint density at radius 2 is 1.55 bits per heavy atom. The lowest BCUT2D eigenvalue weighted by Gasteiger charge is -2.21. The van der Waals surface area contributed by atoms with Crippen LogP contribution in [0.15, 0.2) is 0 Å². The molecule has 0 N–H and O–H groups in total. The third kappa shape index (κ3) is 4.39. The van der Waals surface area contributed by atoms with Crippen LogP contribution in [0.1, 0.15) is 47.0 Å². The molecule has 0 aliphatic rings. The monoisotopic (exact) mass is 160 g/mol. The lowest BCUT2D eigenvalue weighted by Crippen LogP contribution is -2.13. The first-order chi connectivity index (χ1) is 5.11. The van der Waals surface area contributed by atoms with Crippen LogP contribution in [0.3, 0.4) is 0 Å². The molecule has 0 aliphatic carbocycles. The van der Waals surface area contributed by atoms with Gasteiger partial charge in [-0.25, -0.2) is 4.39 Å². The quantitative estimate of drug-likeness (QED) is 0.573. The van der Waals surface area contributed by atoms with Crippen molar-refractivity contribution in [3.05, 3.63) is 0 Å². The van der Waals surface area contributed by atoms with Crippen molar-refractivity contribution in [2.45, 2.75) is 53.1 Å². The number of hydrogen-bond acceptors (Lipinski definition) is 0. The Kier molecular flexibility index (Phi) is 5.53. The highest BCUT2D eigenvalue weighted by molar-refractivity contribution is 4.65. The van der Waals surface area contributed by atoms with Crippen LogP contribution in [0.2, 0.25) is 0 Å². The van der Waals surface area contributed by atoms with Crippen molar-refractivity contribution in [1.29, 1.82) is 0 Å². The van der Waals surface area contributed by atoms with Gasteiger partial charge in [0.1, 0.15) is 0 Å². The average molecular weight is 160 g/mol. The van der Waals surface area contributed by atoms with E-state index in [2.05, 4.69) is 20.8 Å². The van der Waals surface area contributed by atoms with Crippen LogP contribution in [0.5, 0.6) is 0 Å². The zero-order valence-corrected chi connectivity index (χ0v) is 8.23. The van der Waals surface area contributed by atoms with Crippen molar-refractivity contribution in [1.82, 2.24) is 0 Å². The molecule has 0 bridgehead atoms. The van der Waals surface area contributed by atoms with E-state index in [1.165, 1.54) is 12.8 Å². The molecule has 0 aromatic heterocycles.